The molecule has 2 atom stereocenters. The van der Waals surface area contributed by atoms with Gasteiger partial charge in [0, 0.05) is 6.04 Å². The Morgan fingerprint density at radius 3 is 2.90 bits per heavy atom. The molecule has 1 aliphatic rings. The zero-order chi connectivity index (χ0) is 14.1. The van der Waals surface area contributed by atoms with E-state index < -0.39 is 0 Å². The Bertz CT molecular complexity index is 593. The number of hydrogen-bond donors (Lipinski definition) is 1. The van der Waals surface area contributed by atoms with Crippen LogP contribution in [0.15, 0.2) is 18.3 Å². The first kappa shape index (κ1) is 13.3. The molecule has 2 aromatic rings. The first-order valence-electron chi connectivity index (χ1n) is 7.42. The topological polar surface area (TPSA) is 42.2 Å². The van der Waals surface area contributed by atoms with E-state index in [1.54, 1.807) is 6.07 Å². The third-order valence-corrected chi connectivity index (χ3v) is 4.29. The molecule has 2 heterocycles. The average molecular weight is 276 g/mol. The average Bonchev–Trinajstić information content (AvgIpc) is 2.80. The van der Waals surface area contributed by atoms with E-state index in [1.165, 1.54) is 36.0 Å². The summed E-state index contributed by atoms with van der Waals surface area (Å²) in [6, 6.07) is 3.48. The van der Waals surface area contributed by atoms with Gasteiger partial charge in [0.05, 0.1) is 6.20 Å². The number of hydrogen-bond acceptors (Lipinski definition) is 3. The summed E-state index contributed by atoms with van der Waals surface area (Å²) in [5.41, 5.74) is 0.672. The van der Waals surface area contributed by atoms with Gasteiger partial charge < -0.3 is 5.32 Å². The van der Waals surface area contributed by atoms with Crippen molar-refractivity contribution in [3.63, 3.8) is 0 Å². The van der Waals surface area contributed by atoms with E-state index in [1.807, 2.05) is 0 Å². The van der Waals surface area contributed by atoms with Crippen LogP contribution in [-0.2, 0) is 0 Å². The van der Waals surface area contributed by atoms with Gasteiger partial charge in [-0.05, 0) is 36.8 Å². The molecule has 0 aliphatic heterocycles. The van der Waals surface area contributed by atoms with E-state index in [9.17, 15) is 4.39 Å². The highest BCUT2D eigenvalue weighted by atomic mass is 19.1. The zero-order valence-electron chi connectivity index (χ0n) is 12.0. The van der Waals surface area contributed by atoms with Gasteiger partial charge in [-0.15, -0.1) is 5.10 Å². The maximum Gasteiger partial charge on any atom is 0.243 e. The molecule has 20 heavy (non-hydrogen) atoms. The quantitative estimate of drug-likeness (QED) is 0.933. The van der Waals surface area contributed by atoms with Crippen LogP contribution in [0.25, 0.3) is 5.65 Å². The van der Waals surface area contributed by atoms with E-state index in [0.29, 0.717) is 29.5 Å². The third-order valence-electron chi connectivity index (χ3n) is 4.29. The molecule has 2 unspecified atom stereocenters. The highest BCUT2D eigenvalue weighted by molar-refractivity contribution is 5.43. The van der Waals surface area contributed by atoms with Crippen LogP contribution in [0.1, 0.15) is 39.5 Å². The van der Waals surface area contributed by atoms with Gasteiger partial charge in [0.2, 0.25) is 5.95 Å². The molecular formula is C15H21FN4. The van der Waals surface area contributed by atoms with Crippen molar-refractivity contribution < 1.29 is 4.39 Å². The van der Waals surface area contributed by atoms with Crippen molar-refractivity contribution in [2.45, 2.75) is 45.6 Å². The summed E-state index contributed by atoms with van der Waals surface area (Å²) in [7, 11) is 0. The van der Waals surface area contributed by atoms with Crippen molar-refractivity contribution in [1.82, 2.24) is 14.6 Å². The second-order valence-electron chi connectivity index (χ2n) is 6.03. The van der Waals surface area contributed by atoms with Gasteiger partial charge in [0.15, 0.2) is 5.65 Å². The number of rotatable bonds is 3. The van der Waals surface area contributed by atoms with Crippen LogP contribution in [0.4, 0.5) is 10.3 Å². The lowest BCUT2D eigenvalue weighted by Crippen LogP contribution is -2.35. The molecule has 0 saturated heterocycles. The molecule has 1 aliphatic carbocycles. The fourth-order valence-electron chi connectivity index (χ4n) is 3.22. The standard InChI is InChI=1S/C15H21FN4/c1-10(2)12-5-3-4-6-13(12)17-15-18-14-8-7-11(16)9-20(14)19-15/h7-10,12-13H,3-6H2,1-2H3,(H,17,19). The molecule has 1 saturated carbocycles. The summed E-state index contributed by atoms with van der Waals surface area (Å²) >= 11 is 0. The molecule has 4 nitrogen and oxygen atoms in total. The molecule has 3 rings (SSSR count). The number of nitrogens with zero attached hydrogens (tertiary/aromatic N) is 3. The summed E-state index contributed by atoms with van der Waals surface area (Å²) in [6.07, 6.45) is 6.34. The zero-order valence-corrected chi connectivity index (χ0v) is 12.0. The molecule has 1 N–H and O–H groups in total. The van der Waals surface area contributed by atoms with Gasteiger partial charge in [-0.1, -0.05) is 26.7 Å². The monoisotopic (exact) mass is 276 g/mol. The van der Waals surface area contributed by atoms with E-state index in [-0.39, 0.29) is 5.82 Å². The van der Waals surface area contributed by atoms with Crippen LogP contribution >= 0.6 is 0 Å². The van der Waals surface area contributed by atoms with Crippen LogP contribution in [0.2, 0.25) is 0 Å². The maximum atomic E-state index is 13.2. The van der Waals surface area contributed by atoms with Crippen molar-refractivity contribution in [2.24, 2.45) is 11.8 Å². The minimum atomic E-state index is -0.299. The Hall–Kier alpha value is -1.65. The van der Waals surface area contributed by atoms with Crippen LogP contribution in [0.3, 0.4) is 0 Å². The summed E-state index contributed by atoms with van der Waals surface area (Å²) < 4.78 is 14.7. The Morgan fingerprint density at radius 1 is 1.30 bits per heavy atom. The van der Waals surface area contributed by atoms with Crippen LogP contribution in [0, 0.1) is 17.7 Å². The summed E-state index contributed by atoms with van der Waals surface area (Å²) in [5, 5.41) is 7.77. The largest absolute Gasteiger partial charge is 0.350 e. The Morgan fingerprint density at radius 2 is 2.10 bits per heavy atom. The van der Waals surface area contributed by atoms with E-state index in [2.05, 4.69) is 29.2 Å². The number of fused-ring (bicyclic) bond motifs is 1. The Balaban J connectivity index is 1.80. The van der Waals surface area contributed by atoms with Gasteiger partial charge in [-0.3, -0.25) is 0 Å². The van der Waals surface area contributed by atoms with Crippen molar-refractivity contribution in [3.05, 3.63) is 24.1 Å². The molecule has 0 aromatic carbocycles. The number of halogens is 1. The van der Waals surface area contributed by atoms with Crippen molar-refractivity contribution in [1.29, 1.82) is 0 Å². The predicted molar refractivity (Wildman–Crippen MR) is 77.2 cm³/mol. The first-order chi connectivity index (χ1) is 9.63. The second kappa shape index (κ2) is 5.38. The highest BCUT2D eigenvalue weighted by Gasteiger charge is 2.28. The molecule has 0 bridgehead atoms. The lowest BCUT2D eigenvalue weighted by Gasteiger charge is -2.34. The first-order valence-corrected chi connectivity index (χ1v) is 7.42. The second-order valence-corrected chi connectivity index (χ2v) is 6.03. The smallest absolute Gasteiger partial charge is 0.243 e. The van der Waals surface area contributed by atoms with Gasteiger partial charge in [-0.25, -0.2) is 8.91 Å². The predicted octanol–water partition coefficient (Wildman–Crippen LogP) is 3.50. The van der Waals surface area contributed by atoms with Crippen molar-refractivity contribution in [2.75, 3.05) is 5.32 Å². The van der Waals surface area contributed by atoms with Crippen LogP contribution in [0.5, 0.6) is 0 Å². The number of nitrogens with one attached hydrogen (secondary N) is 1. The maximum absolute atomic E-state index is 13.2. The normalized spacial score (nSPS) is 23.4. The minimum absolute atomic E-state index is 0.299. The summed E-state index contributed by atoms with van der Waals surface area (Å²) in [5.74, 6) is 1.62. The molecule has 5 heteroatoms. The lowest BCUT2D eigenvalue weighted by atomic mass is 9.78. The van der Waals surface area contributed by atoms with Crippen LogP contribution in [-0.4, -0.2) is 20.6 Å². The summed E-state index contributed by atoms with van der Waals surface area (Å²) in [4.78, 5) is 4.42. The van der Waals surface area contributed by atoms with E-state index >= 15 is 0 Å². The van der Waals surface area contributed by atoms with Crippen LogP contribution < -0.4 is 5.32 Å². The molecule has 2 aromatic heterocycles. The Kier molecular flexibility index (Phi) is 3.59. The van der Waals surface area contributed by atoms with E-state index in [4.69, 9.17) is 0 Å². The van der Waals surface area contributed by atoms with Gasteiger partial charge >= 0.3 is 0 Å². The number of anilines is 1. The third kappa shape index (κ3) is 2.62. The fraction of sp³-hybridized carbons (Fsp3) is 0.600. The molecule has 1 fully saturated rings. The number of aromatic nitrogens is 3. The molecule has 0 radical (unpaired) electrons. The minimum Gasteiger partial charge on any atom is -0.350 e. The van der Waals surface area contributed by atoms with Gasteiger partial charge in [0.1, 0.15) is 5.82 Å². The SMILES string of the molecule is CC(C)C1CCCCC1Nc1nc2ccc(F)cn2n1. The highest BCUT2D eigenvalue weighted by Crippen LogP contribution is 2.31. The lowest BCUT2D eigenvalue weighted by molar-refractivity contribution is 0.253. The van der Waals surface area contributed by atoms with E-state index in [0.717, 1.165) is 6.42 Å². The Labute approximate surface area is 118 Å². The van der Waals surface area contributed by atoms with Gasteiger partial charge in [0.25, 0.3) is 0 Å². The molecular weight excluding hydrogens is 255 g/mol. The van der Waals surface area contributed by atoms with Crippen molar-refractivity contribution in [3.8, 4) is 0 Å². The summed E-state index contributed by atoms with van der Waals surface area (Å²) in [6.45, 7) is 4.55. The van der Waals surface area contributed by atoms with Gasteiger partial charge in [-0.2, -0.15) is 4.98 Å². The molecule has 0 spiro atoms. The fourth-order valence-corrected chi connectivity index (χ4v) is 3.22. The van der Waals surface area contributed by atoms with Crippen molar-refractivity contribution >= 4 is 11.6 Å². The molecule has 108 valence electrons. The molecule has 0 amide bonds. The number of pyridine rings is 1.